The molecule has 0 amide bonds. The number of hydrogen-bond acceptors (Lipinski definition) is 2. The van der Waals surface area contributed by atoms with Crippen LogP contribution >= 0.6 is 0 Å². The highest BCUT2D eigenvalue weighted by atomic mass is 16.3. The molecular formula is C12H13NO. The van der Waals surface area contributed by atoms with Crippen LogP contribution in [0.2, 0.25) is 0 Å². The van der Waals surface area contributed by atoms with Crippen molar-refractivity contribution in [1.82, 2.24) is 4.98 Å². The molecule has 0 unspecified atom stereocenters. The molecule has 2 rings (SSSR count). The molecule has 0 aliphatic heterocycles. The van der Waals surface area contributed by atoms with Gasteiger partial charge in [-0.25, -0.2) is 0 Å². The van der Waals surface area contributed by atoms with E-state index < -0.39 is 0 Å². The van der Waals surface area contributed by atoms with E-state index in [2.05, 4.69) is 4.98 Å². The molecule has 0 saturated carbocycles. The third-order valence-electron chi connectivity index (χ3n) is 2.47. The topological polar surface area (TPSA) is 33.1 Å². The molecule has 1 aromatic heterocycles. The average Bonchev–Trinajstić information content (AvgIpc) is 2.27. The summed E-state index contributed by atoms with van der Waals surface area (Å²) in [6, 6.07) is 10.1. The van der Waals surface area contributed by atoms with Crippen LogP contribution in [-0.2, 0) is 0 Å². The van der Waals surface area contributed by atoms with Crippen LogP contribution in [0.4, 0.5) is 0 Å². The molecule has 0 spiro atoms. The third kappa shape index (κ3) is 1.61. The number of aromatic nitrogens is 1. The monoisotopic (exact) mass is 187 g/mol. The summed E-state index contributed by atoms with van der Waals surface area (Å²) in [5.41, 5.74) is 2.13. The van der Waals surface area contributed by atoms with Crippen LogP contribution in [0.25, 0.3) is 10.9 Å². The minimum Gasteiger partial charge on any atom is -0.396 e. The summed E-state index contributed by atoms with van der Waals surface area (Å²) >= 11 is 0. The number of hydrogen-bond donors (Lipinski definition) is 1. The second-order valence-electron chi connectivity index (χ2n) is 3.54. The van der Waals surface area contributed by atoms with Crippen molar-refractivity contribution >= 4 is 10.9 Å². The lowest BCUT2D eigenvalue weighted by atomic mass is 10.0. The number of fused-ring (bicyclic) bond motifs is 1. The maximum Gasteiger partial charge on any atom is 0.0704 e. The lowest BCUT2D eigenvalue weighted by molar-refractivity contribution is 0.273. The van der Waals surface area contributed by atoms with Crippen molar-refractivity contribution in [1.29, 1.82) is 0 Å². The molecule has 1 atom stereocenters. The quantitative estimate of drug-likeness (QED) is 0.782. The molecule has 0 radical (unpaired) electrons. The van der Waals surface area contributed by atoms with Crippen LogP contribution in [0.3, 0.4) is 0 Å². The Morgan fingerprint density at radius 3 is 3.00 bits per heavy atom. The minimum absolute atomic E-state index is 0.179. The van der Waals surface area contributed by atoms with Gasteiger partial charge in [-0.3, -0.25) is 4.98 Å². The van der Waals surface area contributed by atoms with Crippen molar-refractivity contribution in [2.24, 2.45) is 0 Å². The molecule has 0 aliphatic carbocycles. The molecule has 2 nitrogen and oxygen atoms in total. The van der Waals surface area contributed by atoms with Crippen molar-refractivity contribution in [3.05, 3.63) is 42.1 Å². The van der Waals surface area contributed by atoms with Gasteiger partial charge in [0.2, 0.25) is 0 Å². The first-order chi connectivity index (χ1) is 6.81. The van der Waals surface area contributed by atoms with E-state index in [1.54, 1.807) is 6.20 Å². The van der Waals surface area contributed by atoms with E-state index >= 15 is 0 Å². The van der Waals surface area contributed by atoms with Gasteiger partial charge in [0, 0.05) is 24.1 Å². The lowest BCUT2D eigenvalue weighted by Gasteiger charge is -2.08. The van der Waals surface area contributed by atoms with E-state index in [4.69, 9.17) is 5.11 Å². The second-order valence-corrected chi connectivity index (χ2v) is 3.54. The van der Waals surface area contributed by atoms with Gasteiger partial charge in [-0.05, 0) is 17.7 Å². The zero-order valence-electron chi connectivity index (χ0n) is 8.14. The van der Waals surface area contributed by atoms with E-state index in [1.165, 1.54) is 0 Å². The van der Waals surface area contributed by atoms with Gasteiger partial charge < -0.3 is 5.11 Å². The Bertz CT molecular complexity index is 439. The van der Waals surface area contributed by atoms with Gasteiger partial charge >= 0.3 is 0 Å². The van der Waals surface area contributed by atoms with Gasteiger partial charge in [0.1, 0.15) is 0 Å². The fraction of sp³-hybridized carbons (Fsp3) is 0.250. The Balaban J connectivity index is 2.51. The van der Waals surface area contributed by atoms with Crippen molar-refractivity contribution in [3.8, 4) is 0 Å². The fourth-order valence-corrected chi connectivity index (χ4v) is 1.50. The number of pyridine rings is 1. The van der Waals surface area contributed by atoms with E-state index in [1.807, 2.05) is 37.3 Å². The normalized spacial score (nSPS) is 13.0. The van der Waals surface area contributed by atoms with Crippen molar-refractivity contribution in [3.63, 3.8) is 0 Å². The number of benzene rings is 1. The molecule has 72 valence electrons. The Hall–Kier alpha value is -1.41. The summed E-state index contributed by atoms with van der Waals surface area (Å²) in [5, 5.41) is 10.2. The van der Waals surface area contributed by atoms with Gasteiger partial charge in [-0.2, -0.15) is 0 Å². The summed E-state index contributed by atoms with van der Waals surface area (Å²) < 4.78 is 0. The fourth-order valence-electron chi connectivity index (χ4n) is 1.50. The Kier molecular flexibility index (Phi) is 2.46. The summed E-state index contributed by atoms with van der Waals surface area (Å²) in [6.45, 7) is 2.18. The highest BCUT2D eigenvalue weighted by Gasteiger charge is 2.04. The number of aliphatic hydroxyl groups excluding tert-OH is 1. The summed E-state index contributed by atoms with van der Waals surface area (Å²) in [5.74, 6) is 0.182. The Morgan fingerprint density at radius 1 is 1.36 bits per heavy atom. The van der Waals surface area contributed by atoms with Gasteiger partial charge in [-0.15, -0.1) is 0 Å². The van der Waals surface area contributed by atoms with E-state index in [9.17, 15) is 0 Å². The molecule has 0 bridgehead atoms. The third-order valence-corrected chi connectivity index (χ3v) is 2.47. The van der Waals surface area contributed by atoms with Gasteiger partial charge in [0.25, 0.3) is 0 Å². The number of aliphatic hydroxyl groups is 1. The Morgan fingerprint density at radius 2 is 2.21 bits per heavy atom. The smallest absolute Gasteiger partial charge is 0.0704 e. The molecule has 1 aromatic carbocycles. The SMILES string of the molecule is C[C@H](CO)c1ccc2cccnc2c1. The predicted octanol–water partition coefficient (Wildman–Crippen LogP) is 2.33. The number of rotatable bonds is 2. The molecule has 1 N–H and O–H groups in total. The molecule has 2 heteroatoms. The second kappa shape index (κ2) is 3.76. The molecular weight excluding hydrogens is 174 g/mol. The van der Waals surface area contributed by atoms with Crippen LogP contribution in [0.15, 0.2) is 36.5 Å². The van der Waals surface area contributed by atoms with Crippen LogP contribution < -0.4 is 0 Å². The van der Waals surface area contributed by atoms with Crippen molar-refractivity contribution in [2.75, 3.05) is 6.61 Å². The molecule has 0 saturated heterocycles. The summed E-state index contributed by atoms with van der Waals surface area (Å²) in [4.78, 5) is 4.28. The lowest BCUT2D eigenvalue weighted by Crippen LogP contribution is -1.98. The van der Waals surface area contributed by atoms with Crippen LogP contribution in [0.1, 0.15) is 18.4 Å². The van der Waals surface area contributed by atoms with E-state index in [-0.39, 0.29) is 12.5 Å². The van der Waals surface area contributed by atoms with Crippen molar-refractivity contribution < 1.29 is 5.11 Å². The maximum atomic E-state index is 9.04. The molecule has 0 aliphatic rings. The molecule has 14 heavy (non-hydrogen) atoms. The highest BCUT2D eigenvalue weighted by molar-refractivity contribution is 5.78. The van der Waals surface area contributed by atoms with Crippen LogP contribution in [0, 0.1) is 0 Å². The molecule has 1 heterocycles. The summed E-state index contributed by atoms with van der Waals surface area (Å²) in [7, 11) is 0. The van der Waals surface area contributed by atoms with Crippen LogP contribution in [-0.4, -0.2) is 16.7 Å². The summed E-state index contributed by atoms with van der Waals surface area (Å²) in [6.07, 6.45) is 1.79. The van der Waals surface area contributed by atoms with Crippen molar-refractivity contribution in [2.45, 2.75) is 12.8 Å². The van der Waals surface area contributed by atoms with Gasteiger partial charge in [-0.1, -0.05) is 25.1 Å². The standard InChI is InChI=1S/C12H13NO/c1-9(8-14)11-5-4-10-3-2-6-13-12(10)7-11/h2-7,9,14H,8H2,1H3/t9-/m1/s1. The first-order valence-corrected chi connectivity index (χ1v) is 4.77. The van der Waals surface area contributed by atoms with E-state index in [0.717, 1.165) is 16.5 Å². The molecule has 0 fully saturated rings. The van der Waals surface area contributed by atoms with Gasteiger partial charge in [0.05, 0.1) is 5.52 Å². The Labute approximate surface area is 83.2 Å². The predicted molar refractivity (Wildman–Crippen MR) is 57.2 cm³/mol. The first kappa shape index (κ1) is 9.16. The number of nitrogens with zero attached hydrogens (tertiary/aromatic N) is 1. The minimum atomic E-state index is 0.179. The average molecular weight is 187 g/mol. The van der Waals surface area contributed by atoms with Crippen LogP contribution in [0.5, 0.6) is 0 Å². The maximum absolute atomic E-state index is 9.04. The van der Waals surface area contributed by atoms with Gasteiger partial charge in [0.15, 0.2) is 0 Å². The highest BCUT2D eigenvalue weighted by Crippen LogP contribution is 2.19. The first-order valence-electron chi connectivity index (χ1n) is 4.77. The van der Waals surface area contributed by atoms with E-state index in [0.29, 0.717) is 0 Å². The largest absolute Gasteiger partial charge is 0.396 e. The zero-order chi connectivity index (χ0) is 9.97. The molecule has 2 aromatic rings. The zero-order valence-corrected chi connectivity index (χ0v) is 8.14.